The molecule has 0 radical (unpaired) electrons. The number of anilines is 1. The lowest BCUT2D eigenvalue weighted by Crippen LogP contribution is -2.30. The number of nitrogens with one attached hydrogen (secondary N) is 2. The van der Waals surface area contributed by atoms with Gasteiger partial charge in [-0.3, -0.25) is 19.3 Å². The fourth-order valence-electron chi connectivity index (χ4n) is 3.29. The molecule has 2 N–H and O–H groups in total. The zero-order valence-electron chi connectivity index (χ0n) is 18.8. The van der Waals surface area contributed by atoms with Gasteiger partial charge in [-0.15, -0.1) is 0 Å². The fraction of sp³-hybridized carbons (Fsp3) is 0.160. The van der Waals surface area contributed by atoms with Gasteiger partial charge in [-0.2, -0.15) is 0 Å². The minimum absolute atomic E-state index is 0.00222. The Morgan fingerprint density at radius 3 is 2.34 bits per heavy atom. The predicted octanol–water partition coefficient (Wildman–Crippen LogP) is 3.48. The van der Waals surface area contributed by atoms with Crippen molar-refractivity contribution < 1.29 is 27.5 Å². The van der Waals surface area contributed by atoms with Crippen LogP contribution in [0.3, 0.4) is 0 Å². The van der Waals surface area contributed by atoms with E-state index in [-0.39, 0.29) is 23.7 Å². The Hall–Kier alpha value is -4.18. The number of nitrogens with zero attached hydrogens (tertiary/aromatic N) is 1. The van der Waals surface area contributed by atoms with Crippen LogP contribution in [0.15, 0.2) is 88.8 Å². The smallest absolute Gasteiger partial charge is 0.308 e. The molecule has 0 spiro atoms. The molecular weight excluding hydrogens is 470 g/mol. The Bertz CT molecular complexity index is 1360. The molecule has 4 rings (SSSR count). The third-order valence-corrected chi connectivity index (χ3v) is 6.42. The largest absolute Gasteiger partial charge is 0.457 e. The van der Waals surface area contributed by atoms with Gasteiger partial charge in [0.05, 0.1) is 17.9 Å². The average molecular weight is 494 g/mol. The van der Waals surface area contributed by atoms with E-state index in [1.54, 1.807) is 42.5 Å². The number of carbonyl (C=O) groups is 2. The van der Waals surface area contributed by atoms with Crippen LogP contribution in [0.1, 0.15) is 18.9 Å². The van der Waals surface area contributed by atoms with Gasteiger partial charge in [-0.05, 0) is 55.5 Å². The first-order chi connectivity index (χ1) is 16.8. The maximum atomic E-state index is 12.4. The molecule has 35 heavy (non-hydrogen) atoms. The lowest BCUT2D eigenvalue weighted by molar-refractivity contribution is -0.152. The van der Waals surface area contributed by atoms with E-state index in [1.807, 2.05) is 30.3 Å². The van der Waals surface area contributed by atoms with Crippen molar-refractivity contribution in [3.63, 3.8) is 0 Å². The summed E-state index contributed by atoms with van der Waals surface area (Å²) in [4.78, 5) is 28.9. The predicted molar refractivity (Wildman–Crippen MR) is 130 cm³/mol. The summed E-state index contributed by atoms with van der Waals surface area (Å²) in [6, 6.07) is 22.5. The van der Waals surface area contributed by atoms with E-state index in [2.05, 4.69) is 15.0 Å². The zero-order valence-corrected chi connectivity index (χ0v) is 19.6. The molecule has 0 saturated heterocycles. The third kappa shape index (κ3) is 6.04. The van der Waals surface area contributed by atoms with Crippen LogP contribution in [0.25, 0.3) is 0 Å². The van der Waals surface area contributed by atoms with Crippen LogP contribution < -0.4 is 14.8 Å². The van der Waals surface area contributed by atoms with Crippen LogP contribution in [0.5, 0.6) is 11.5 Å². The average Bonchev–Trinajstić information content (AvgIpc) is 3.11. The van der Waals surface area contributed by atoms with Crippen molar-refractivity contribution in [3.05, 3.63) is 84.4 Å². The van der Waals surface area contributed by atoms with E-state index in [9.17, 15) is 18.0 Å². The molecule has 10 heteroatoms. The number of aliphatic imine (C=N–C) groups is 1. The molecule has 180 valence electrons. The van der Waals surface area contributed by atoms with E-state index >= 15 is 0 Å². The normalized spacial score (nSPS) is 15.5. The zero-order chi connectivity index (χ0) is 24.8. The maximum Gasteiger partial charge on any atom is 0.308 e. The molecule has 1 unspecified atom stereocenters. The molecule has 3 aromatic rings. The van der Waals surface area contributed by atoms with Crippen LogP contribution in [0, 0.1) is 0 Å². The summed E-state index contributed by atoms with van der Waals surface area (Å²) in [6.07, 6.45) is -1.14. The highest BCUT2D eigenvalue weighted by Gasteiger charge is 2.30. The summed E-state index contributed by atoms with van der Waals surface area (Å²) in [5, 5.41) is 2.68. The Morgan fingerprint density at radius 1 is 0.943 bits per heavy atom. The molecule has 0 aliphatic carbocycles. The van der Waals surface area contributed by atoms with Gasteiger partial charge in [-0.1, -0.05) is 30.3 Å². The van der Waals surface area contributed by atoms with Crippen LogP contribution in [0.2, 0.25) is 0 Å². The number of ether oxygens (including phenoxy) is 2. The van der Waals surface area contributed by atoms with Gasteiger partial charge in [0.15, 0.2) is 6.10 Å². The van der Waals surface area contributed by atoms with E-state index in [4.69, 9.17) is 9.47 Å². The third-order valence-electron chi connectivity index (χ3n) is 5.03. The number of esters is 1. The molecule has 0 fully saturated rings. The Morgan fingerprint density at radius 2 is 1.60 bits per heavy atom. The summed E-state index contributed by atoms with van der Waals surface area (Å²) in [7, 11) is -3.64. The van der Waals surface area contributed by atoms with E-state index in [0.717, 1.165) is 0 Å². The van der Waals surface area contributed by atoms with Crippen molar-refractivity contribution >= 4 is 33.4 Å². The van der Waals surface area contributed by atoms with Gasteiger partial charge in [-0.25, -0.2) is 8.42 Å². The van der Waals surface area contributed by atoms with Gasteiger partial charge in [0, 0.05) is 11.3 Å². The lowest BCUT2D eigenvalue weighted by Gasteiger charge is -2.13. The van der Waals surface area contributed by atoms with Crippen molar-refractivity contribution in [2.45, 2.75) is 24.3 Å². The fourth-order valence-corrected chi connectivity index (χ4v) is 4.55. The first-order valence-corrected chi connectivity index (χ1v) is 12.3. The number of carbonyl (C=O) groups excluding carboxylic acids is 2. The van der Waals surface area contributed by atoms with E-state index < -0.39 is 28.0 Å². The van der Waals surface area contributed by atoms with Crippen molar-refractivity contribution in [1.82, 2.24) is 4.72 Å². The van der Waals surface area contributed by atoms with Gasteiger partial charge in [0.2, 0.25) is 0 Å². The van der Waals surface area contributed by atoms with Crippen molar-refractivity contribution in [1.29, 1.82) is 0 Å². The lowest BCUT2D eigenvalue weighted by atomic mass is 10.2. The van der Waals surface area contributed by atoms with Crippen LogP contribution in [-0.4, -0.2) is 38.8 Å². The first kappa shape index (κ1) is 24.0. The molecule has 0 bridgehead atoms. The molecule has 1 atom stereocenters. The summed E-state index contributed by atoms with van der Waals surface area (Å²) >= 11 is 0. The standard InChI is InChI=1S/C25H23N3O6S/c1-17(25(30)27-18-11-13-20(14-12-18)34-19-7-3-2-4-8-19)33-23(29)15-16-26-24-21-9-5-6-10-22(21)35(31,32)28-24/h2-14,17H,15-16H2,1H3,(H,26,28)(H,27,30). The van der Waals surface area contributed by atoms with Crippen LogP contribution >= 0.6 is 0 Å². The molecule has 0 saturated carbocycles. The number of hydrogen-bond donors (Lipinski definition) is 2. The van der Waals surface area contributed by atoms with Crippen molar-refractivity contribution in [3.8, 4) is 11.5 Å². The Labute approximate surface area is 202 Å². The van der Waals surface area contributed by atoms with E-state index in [1.165, 1.54) is 13.0 Å². The number of amides is 1. The number of fused-ring (bicyclic) bond motifs is 1. The topological polar surface area (TPSA) is 123 Å². The second-order valence-corrected chi connectivity index (χ2v) is 9.29. The summed E-state index contributed by atoms with van der Waals surface area (Å²) in [5.74, 6) is 0.377. The number of amidine groups is 1. The SMILES string of the molecule is CC(OC(=O)CCN=C1NS(=O)(=O)c2ccccc21)C(=O)Nc1ccc(Oc2ccccc2)cc1. The first-order valence-electron chi connectivity index (χ1n) is 10.8. The molecule has 1 heterocycles. The van der Waals surface area contributed by atoms with Gasteiger partial charge >= 0.3 is 5.97 Å². The number of hydrogen-bond acceptors (Lipinski definition) is 7. The highest BCUT2D eigenvalue weighted by Crippen LogP contribution is 2.23. The molecule has 1 aliphatic heterocycles. The van der Waals surface area contributed by atoms with Gasteiger partial charge < -0.3 is 14.8 Å². The van der Waals surface area contributed by atoms with Gasteiger partial charge in [0.25, 0.3) is 15.9 Å². The van der Waals surface area contributed by atoms with Gasteiger partial charge in [0.1, 0.15) is 17.3 Å². The number of para-hydroxylation sites is 1. The van der Waals surface area contributed by atoms with Crippen molar-refractivity contribution in [2.75, 3.05) is 11.9 Å². The highest BCUT2D eigenvalue weighted by atomic mass is 32.2. The minimum Gasteiger partial charge on any atom is -0.457 e. The maximum absolute atomic E-state index is 12.4. The van der Waals surface area contributed by atoms with E-state index in [0.29, 0.717) is 22.7 Å². The molecular formula is C25H23N3O6S. The number of sulfonamides is 1. The summed E-state index contributed by atoms with van der Waals surface area (Å²) in [6.45, 7) is 1.47. The number of rotatable bonds is 8. The van der Waals surface area contributed by atoms with Crippen molar-refractivity contribution in [2.24, 2.45) is 4.99 Å². The molecule has 3 aromatic carbocycles. The molecule has 0 aromatic heterocycles. The molecule has 1 aliphatic rings. The number of benzene rings is 3. The second kappa shape index (κ2) is 10.4. The second-order valence-electron chi connectivity index (χ2n) is 7.64. The highest BCUT2D eigenvalue weighted by molar-refractivity contribution is 7.90. The Balaban J connectivity index is 1.25. The van der Waals surface area contributed by atoms with Crippen LogP contribution in [-0.2, 0) is 24.3 Å². The molecule has 1 amide bonds. The quantitative estimate of drug-likeness (QED) is 0.463. The summed E-state index contributed by atoms with van der Waals surface area (Å²) < 4.78 is 37.5. The molecule has 9 nitrogen and oxygen atoms in total. The minimum atomic E-state index is -3.64. The Kier molecular flexibility index (Phi) is 7.11. The van der Waals surface area contributed by atoms with Crippen LogP contribution in [0.4, 0.5) is 5.69 Å². The monoisotopic (exact) mass is 493 g/mol. The summed E-state index contributed by atoms with van der Waals surface area (Å²) in [5.41, 5.74) is 0.977.